The summed E-state index contributed by atoms with van der Waals surface area (Å²) in [4.78, 5) is 9.89. The van der Waals surface area contributed by atoms with Gasteiger partial charge in [-0.1, -0.05) is 30.3 Å². The highest BCUT2D eigenvalue weighted by molar-refractivity contribution is 7.94. The van der Waals surface area contributed by atoms with Crippen LogP contribution in [0, 0.1) is 10.1 Å². The molecule has 9 heteroatoms. The van der Waals surface area contributed by atoms with Gasteiger partial charge in [-0.3, -0.25) is 10.1 Å². The minimum absolute atomic E-state index is 0.161. The molecule has 0 radical (unpaired) electrons. The molecule has 3 aromatic carbocycles. The number of non-ortho nitro benzene ring substituents is 1. The van der Waals surface area contributed by atoms with Crippen molar-refractivity contribution in [2.24, 2.45) is 0 Å². The highest BCUT2D eigenvalue weighted by Gasteiger charge is 2.15. The summed E-state index contributed by atoms with van der Waals surface area (Å²) in [6.45, 7) is -3.07. The van der Waals surface area contributed by atoms with E-state index in [9.17, 15) is 27.3 Å². The molecule has 0 saturated heterocycles. The first-order valence-corrected chi connectivity index (χ1v) is 9.47. The van der Waals surface area contributed by atoms with Gasteiger partial charge in [0.1, 0.15) is 5.75 Å². The summed E-state index contributed by atoms with van der Waals surface area (Å²) in [7, 11) is -3.96. The fraction of sp³-hybridized carbons (Fsp3) is 0.0526. The van der Waals surface area contributed by atoms with Crippen molar-refractivity contribution in [3.63, 3.8) is 0 Å². The average Bonchev–Trinajstić information content (AvgIpc) is 2.66. The first-order valence-electron chi connectivity index (χ1n) is 7.92. The Morgan fingerprint density at radius 1 is 1.00 bits per heavy atom. The maximum Gasteiger partial charge on any atom is 0.387 e. The largest absolute Gasteiger partial charge is 0.434 e. The van der Waals surface area contributed by atoms with Crippen molar-refractivity contribution in [3.05, 3.63) is 81.7 Å². The molecule has 0 atom stereocenters. The molecule has 0 spiro atoms. The van der Waals surface area contributed by atoms with E-state index in [0.29, 0.717) is 5.39 Å². The van der Waals surface area contributed by atoms with Crippen LogP contribution in [0.15, 0.2) is 71.0 Å². The molecule has 28 heavy (non-hydrogen) atoms. The Morgan fingerprint density at radius 3 is 2.32 bits per heavy atom. The number of benzene rings is 3. The monoisotopic (exact) mass is 405 g/mol. The molecule has 0 aromatic heterocycles. The summed E-state index contributed by atoms with van der Waals surface area (Å²) >= 11 is 0. The van der Waals surface area contributed by atoms with Crippen LogP contribution >= 0.6 is 0 Å². The van der Waals surface area contributed by atoms with Crippen molar-refractivity contribution in [1.82, 2.24) is 0 Å². The van der Waals surface area contributed by atoms with E-state index in [0.717, 1.165) is 35.1 Å². The van der Waals surface area contributed by atoms with E-state index in [1.54, 1.807) is 30.3 Å². The molecular formula is C19H13F2NO5S. The number of alkyl halides is 2. The lowest BCUT2D eigenvalue weighted by atomic mass is 10.0. The zero-order valence-corrected chi connectivity index (χ0v) is 15.0. The Balaban J connectivity index is 2.04. The normalized spacial score (nSPS) is 12.0. The van der Waals surface area contributed by atoms with Crippen molar-refractivity contribution < 1.29 is 26.9 Å². The van der Waals surface area contributed by atoms with Gasteiger partial charge in [0, 0.05) is 23.1 Å². The van der Waals surface area contributed by atoms with Crippen LogP contribution in [0.25, 0.3) is 16.8 Å². The predicted octanol–water partition coefficient (Wildman–Crippen LogP) is 4.79. The zero-order chi connectivity index (χ0) is 20.3. The Kier molecular flexibility index (Phi) is 5.36. The molecule has 0 heterocycles. The van der Waals surface area contributed by atoms with Crippen LogP contribution in [0.5, 0.6) is 5.75 Å². The fourth-order valence-corrected chi connectivity index (χ4v) is 3.63. The molecule has 0 amide bonds. The minimum atomic E-state index is -3.96. The van der Waals surface area contributed by atoms with E-state index in [1.165, 1.54) is 12.1 Å². The number of nitro groups is 1. The van der Waals surface area contributed by atoms with Gasteiger partial charge in [0.15, 0.2) is 9.84 Å². The third-order valence-electron chi connectivity index (χ3n) is 3.94. The Labute approximate surface area is 158 Å². The second kappa shape index (κ2) is 7.73. The van der Waals surface area contributed by atoms with E-state index in [2.05, 4.69) is 4.74 Å². The first kappa shape index (κ1) is 19.4. The Bertz CT molecular complexity index is 1160. The van der Waals surface area contributed by atoms with Crippen molar-refractivity contribution in [3.8, 4) is 5.75 Å². The van der Waals surface area contributed by atoms with E-state index in [4.69, 9.17) is 0 Å². The van der Waals surface area contributed by atoms with Crippen molar-refractivity contribution in [2.45, 2.75) is 11.5 Å². The van der Waals surface area contributed by atoms with Gasteiger partial charge in [0.25, 0.3) is 5.69 Å². The minimum Gasteiger partial charge on any atom is -0.434 e. The van der Waals surface area contributed by atoms with Crippen LogP contribution in [0.4, 0.5) is 14.5 Å². The van der Waals surface area contributed by atoms with Gasteiger partial charge in [-0.15, -0.1) is 0 Å². The van der Waals surface area contributed by atoms with E-state index in [1.807, 2.05) is 0 Å². The van der Waals surface area contributed by atoms with Crippen LogP contribution < -0.4 is 4.74 Å². The van der Waals surface area contributed by atoms with Gasteiger partial charge in [-0.25, -0.2) is 8.42 Å². The maximum atomic E-state index is 12.7. The second-order valence-electron chi connectivity index (χ2n) is 5.68. The van der Waals surface area contributed by atoms with Crippen LogP contribution in [-0.4, -0.2) is 20.0 Å². The molecule has 0 fully saturated rings. The Hall–Kier alpha value is -3.33. The second-order valence-corrected chi connectivity index (χ2v) is 7.51. The lowest BCUT2D eigenvalue weighted by Crippen LogP contribution is -2.03. The lowest BCUT2D eigenvalue weighted by Gasteiger charge is -2.11. The summed E-state index contributed by atoms with van der Waals surface area (Å²) in [5.41, 5.74) is -0.0616. The van der Waals surface area contributed by atoms with Crippen LogP contribution in [0.1, 0.15) is 5.56 Å². The highest BCUT2D eigenvalue weighted by atomic mass is 32.2. The number of halogens is 2. The van der Waals surface area contributed by atoms with Gasteiger partial charge in [-0.2, -0.15) is 8.78 Å². The van der Waals surface area contributed by atoms with Gasteiger partial charge in [-0.05, 0) is 35.0 Å². The first-order chi connectivity index (χ1) is 13.3. The maximum absolute atomic E-state index is 12.7. The van der Waals surface area contributed by atoms with Crippen molar-refractivity contribution in [2.75, 3.05) is 0 Å². The molecule has 0 unspecified atom stereocenters. The summed E-state index contributed by atoms with van der Waals surface area (Å²) in [6.07, 6.45) is 1.18. The van der Waals surface area contributed by atoms with Crippen LogP contribution in [-0.2, 0) is 9.84 Å². The number of sulfone groups is 1. The summed E-state index contributed by atoms with van der Waals surface area (Å²) < 4.78 is 55.0. The molecular weight excluding hydrogens is 392 g/mol. The van der Waals surface area contributed by atoms with Gasteiger partial charge in [0.2, 0.25) is 0 Å². The van der Waals surface area contributed by atoms with Gasteiger partial charge in [0.05, 0.1) is 9.82 Å². The molecule has 3 aromatic rings. The SMILES string of the molecule is O=[N+]([O-])c1ccc(S(=O)(=O)/C=C/c2c(OC(F)F)ccc3ccccc23)cc1. The highest BCUT2D eigenvalue weighted by Crippen LogP contribution is 2.31. The summed E-state index contributed by atoms with van der Waals surface area (Å²) in [6, 6.07) is 14.2. The van der Waals surface area contributed by atoms with Crippen LogP contribution in [0.3, 0.4) is 0 Å². The number of nitro benzene ring substituents is 1. The summed E-state index contributed by atoms with van der Waals surface area (Å²) in [5.74, 6) is -0.163. The predicted molar refractivity (Wildman–Crippen MR) is 99.9 cm³/mol. The van der Waals surface area contributed by atoms with E-state index < -0.39 is 21.4 Å². The number of nitrogens with zero attached hydrogens (tertiary/aromatic N) is 1. The van der Waals surface area contributed by atoms with Crippen molar-refractivity contribution >= 4 is 32.4 Å². The molecule has 0 saturated carbocycles. The van der Waals surface area contributed by atoms with Gasteiger partial charge >= 0.3 is 6.61 Å². The van der Waals surface area contributed by atoms with Gasteiger partial charge < -0.3 is 4.74 Å². The average molecular weight is 405 g/mol. The molecule has 0 aliphatic rings. The van der Waals surface area contributed by atoms with Crippen molar-refractivity contribution in [1.29, 1.82) is 0 Å². The summed E-state index contributed by atoms with van der Waals surface area (Å²) in [5, 5.41) is 12.8. The molecule has 3 rings (SSSR count). The zero-order valence-electron chi connectivity index (χ0n) is 14.2. The molecule has 0 aliphatic heterocycles. The van der Waals surface area contributed by atoms with E-state index in [-0.39, 0.29) is 21.9 Å². The fourth-order valence-electron chi connectivity index (χ4n) is 2.64. The third kappa shape index (κ3) is 4.15. The number of hydrogen-bond donors (Lipinski definition) is 0. The number of fused-ring (bicyclic) bond motifs is 1. The quantitative estimate of drug-likeness (QED) is 0.435. The van der Waals surface area contributed by atoms with E-state index >= 15 is 0 Å². The number of hydrogen-bond acceptors (Lipinski definition) is 5. The number of ether oxygens (including phenoxy) is 1. The standard InChI is InChI=1S/C19H13F2NO5S/c20-19(21)27-18-10-5-13-3-1-2-4-16(13)17(18)11-12-28(25,26)15-8-6-14(7-9-15)22(23)24/h1-12,19H/b12-11+. The number of rotatable bonds is 6. The van der Waals surface area contributed by atoms with Crippen LogP contribution in [0.2, 0.25) is 0 Å². The Morgan fingerprint density at radius 2 is 1.68 bits per heavy atom. The topological polar surface area (TPSA) is 86.5 Å². The molecule has 0 N–H and O–H groups in total. The third-order valence-corrected chi connectivity index (χ3v) is 5.36. The molecule has 6 nitrogen and oxygen atoms in total. The molecule has 0 aliphatic carbocycles. The molecule has 0 bridgehead atoms. The molecule has 144 valence electrons. The lowest BCUT2D eigenvalue weighted by molar-refractivity contribution is -0.384. The smallest absolute Gasteiger partial charge is 0.387 e.